The molecule has 0 fully saturated rings. The van der Waals surface area contributed by atoms with Crippen LogP contribution < -0.4 is 5.32 Å². The lowest BCUT2D eigenvalue weighted by molar-refractivity contribution is -0.186. The maximum atomic E-state index is 12.5. The number of rotatable bonds is 3. The third-order valence-electron chi connectivity index (χ3n) is 2.29. The van der Waals surface area contributed by atoms with Crippen LogP contribution in [0.4, 0.5) is 13.2 Å². The maximum absolute atomic E-state index is 12.5. The van der Waals surface area contributed by atoms with Crippen LogP contribution in [0.15, 0.2) is 30.3 Å². The summed E-state index contributed by atoms with van der Waals surface area (Å²) >= 11 is 0. The topological polar surface area (TPSA) is 12.0 Å². The van der Waals surface area contributed by atoms with Gasteiger partial charge in [0.25, 0.3) is 0 Å². The standard InChI is InChI=1S/C11H14F3N/c1-10(2,11(12,13)14)15-8-9-6-4-3-5-7-9/h3-7,15H,8H2,1-2H3. The first-order chi connectivity index (χ1) is 6.83. The van der Waals surface area contributed by atoms with E-state index in [1.54, 1.807) is 24.3 Å². The van der Waals surface area contributed by atoms with Gasteiger partial charge in [-0.15, -0.1) is 0 Å². The number of halogens is 3. The normalized spacial score (nSPS) is 12.9. The van der Waals surface area contributed by atoms with Crippen molar-refractivity contribution in [2.75, 3.05) is 0 Å². The molecule has 1 rings (SSSR count). The van der Waals surface area contributed by atoms with Gasteiger partial charge in [-0.1, -0.05) is 30.3 Å². The monoisotopic (exact) mass is 217 g/mol. The van der Waals surface area contributed by atoms with Crippen LogP contribution in [-0.2, 0) is 6.54 Å². The summed E-state index contributed by atoms with van der Waals surface area (Å²) in [7, 11) is 0. The second-order valence-electron chi connectivity index (χ2n) is 3.96. The molecule has 1 aromatic rings. The van der Waals surface area contributed by atoms with Crippen LogP contribution in [0.5, 0.6) is 0 Å². The van der Waals surface area contributed by atoms with Crippen molar-refractivity contribution in [2.45, 2.75) is 32.1 Å². The molecule has 0 unspecified atom stereocenters. The van der Waals surface area contributed by atoms with Crippen molar-refractivity contribution in [1.29, 1.82) is 0 Å². The van der Waals surface area contributed by atoms with E-state index in [0.29, 0.717) is 0 Å². The van der Waals surface area contributed by atoms with E-state index in [2.05, 4.69) is 5.32 Å². The summed E-state index contributed by atoms with van der Waals surface area (Å²) in [4.78, 5) is 0. The Hall–Kier alpha value is -1.03. The minimum Gasteiger partial charge on any atom is -0.300 e. The minimum absolute atomic E-state index is 0.216. The number of hydrogen-bond acceptors (Lipinski definition) is 1. The Labute approximate surface area is 87.3 Å². The van der Waals surface area contributed by atoms with Crippen molar-refractivity contribution in [3.8, 4) is 0 Å². The van der Waals surface area contributed by atoms with E-state index in [1.807, 2.05) is 6.07 Å². The van der Waals surface area contributed by atoms with Gasteiger partial charge < -0.3 is 0 Å². The van der Waals surface area contributed by atoms with Gasteiger partial charge in [0.2, 0.25) is 0 Å². The van der Waals surface area contributed by atoms with Crippen LogP contribution in [0.3, 0.4) is 0 Å². The van der Waals surface area contributed by atoms with E-state index < -0.39 is 11.7 Å². The first-order valence-corrected chi connectivity index (χ1v) is 4.68. The average molecular weight is 217 g/mol. The molecular formula is C11H14F3N. The Balaban J connectivity index is 2.58. The largest absolute Gasteiger partial charge is 0.406 e. The summed E-state index contributed by atoms with van der Waals surface area (Å²) in [5.74, 6) is 0. The summed E-state index contributed by atoms with van der Waals surface area (Å²) in [6.07, 6.45) is -4.23. The maximum Gasteiger partial charge on any atom is 0.406 e. The summed E-state index contributed by atoms with van der Waals surface area (Å²) < 4.78 is 37.4. The zero-order valence-corrected chi connectivity index (χ0v) is 8.73. The Morgan fingerprint density at radius 1 is 1.07 bits per heavy atom. The molecule has 0 aliphatic rings. The van der Waals surface area contributed by atoms with Crippen molar-refractivity contribution >= 4 is 0 Å². The average Bonchev–Trinajstić information content (AvgIpc) is 2.15. The van der Waals surface area contributed by atoms with Crippen molar-refractivity contribution in [2.24, 2.45) is 0 Å². The van der Waals surface area contributed by atoms with Crippen molar-refractivity contribution in [3.05, 3.63) is 35.9 Å². The minimum atomic E-state index is -4.23. The second-order valence-corrected chi connectivity index (χ2v) is 3.96. The van der Waals surface area contributed by atoms with Gasteiger partial charge in [0, 0.05) is 6.54 Å². The molecule has 0 atom stereocenters. The Kier molecular flexibility index (Phi) is 3.39. The number of alkyl halides is 3. The quantitative estimate of drug-likeness (QED) is 0.820. The lowest BCUT2D eigenvalue weighted by Crippen LogP contribution is -2.51. The first-order valence-electron chi connectivity index (χ1n) is 4.68. The van der Waals surface area contributed by atoms with Gasteiger partial charge in [-0.05, 0) is 19.4 Å². The molecular weight excluding hydrogens is 203 g/mol. The molecule has 0 aliphatic carbocycles. The number of nitrogens with one attached hydrogen (secondary N) is 1. The van der Waals surface area contributed by atoms with Crippen LogP contribution in [0.1, 0.15) is 19.4 Å². The molecule has 15 heavy (non-hydrogen) atoms. The molecule has 1 N–H and O–H groups in total. The van der Waals surface area contributed by atoms with Crippen LogP contribution in [-0.4, -0.2) is 11.7 Å². The molecule has 0 saturated heterocycles. The molecule has 0 amide bonds. The lowest BCUT2D eigenvalue weighted by Gasteiger charge is -2.29. The Morgan fingerprint density at radius 3 is 2.07 bits per heavy atom. The van der Waals surface area contributed by atoms with E-state index in [9.17, 15) is 13.2 Å². The molecule has 84 valence electrons. The van der Waals surface area contributed by atoms with Gasteiger partial charge in [-0.3, -0.25) is 5.32 Å². The Bertz CT molecular complexity index is 303. The fraction of sp³-hybridized carbons (Fsp3) is 0.455. The van der Waals surface area contributed by atoms with Gasteiger partial charge in [0.05, 0.1) is 0 Å². The highest BCUT2D eigenvalue weighted by atomic mass is 19.4. The predicted molar refractivity (Wildman–Crippen MR) is 53.4 cm³/mol. The second kappa shape index (κ2) is 4.23. The molecule has 0 heterocycles. The fourth-order valence-corrected chi connectivity index (χ4v) is 1.02. The van der Waals surface area contributed by atoms with Crippen molar-refractivity contribution < 1.29 is 13.2 Å². The van der Waals surface area contributed by atoms with Crippen LogP contribution >= 0.6 is 0 Å². The van der Waals surface area contributed by atoms with E-state index in [1.165, 1.54) is 0 Å². The molecule has 1 aromatic carbocycles. The van der Waals surface area contributed by atoms with E-state index in [-0.39, 0.29) is 6.54 Å². The third kappa shape index (κ3) is 3.23. The zero-order chi connectivity index (χ0) is 11.5. The Morgan fingerprint density at radius 2 is 1.60 bits per heavy atom. The summed E-state index contributed by atoms with van der Waals surface area (Å²) in [6, 6.07) is 9.02. The number of benzene rings is 1. The van der Waals surface area contributed by atoms with Crippen LogP contribution in [0.2, 0.25) is 0 Å². The van der Waals surface area contributed by atoms with Crippen LogP contribution in [0, 0.1) is 0 Å². The highest BCUT2D eigenvalue weighted by Crippen LogP contribution is 2.29. The fourth-order valence-electron chi connectivity index (χ4n) is 1.02. The van der Waals surface area contributed by atoms with Crippen LogP contribution in [0.25, 0.3) is 0 Å². The molecule has 0 saturated carbocycles. The SMILES string of the molecule is CC(C)(NCc1ccccc1)C(F)(F)F. The predicted octanol–water partition coefficient (Wildman–Crippen LogP) is 3.12. The van der Waals surface area contributed by atoms with Gasteiger partial charge in [0.15, 0.2) is 0 Å². The molecule has 1 nitrogen and oxygen atoms in total. The lowest BCUT2D eigenvalue weighted by atomic mass is 10.0. The van der Waals surface area contributed by atoms with Gasteiger partial charge in [-0.25, -0.2) is 0 Å². The molecule has 0 spiro atoms. The van der Waals surface area contributed by atoms with Gasteiger partial charge in [-0.2, -0.15) is 13.2 Å². The molecule has 0 aromatic heterocycles. The smallest absolute Gasteiger partial charge is 0.300 e. The van der Waals surface area contributed by atoms with E-state index in [0.717, 1.165) is 19.4 Å². The number of hydrogen-bond donors (Lipinski definition) is 1. The van der Waals surface area contributed by atoms with E-state index in [4.69, 9.17) is 0 Å². The molecule has 0 aliphatic heterocycles. The highest BCUT2D eigenvalue weighted by Gasteiger charge is 2.46. The summed E-state index contributed by atoms with van der Waals surface area (Å²) in [6.45, 7) is 2.49. The van der Waals surface area contributed by atoms with Gasteiger partial charge in [0.1, 0.15) is 5.54 Å². The molecule has 4 heteroatoms. The van der Waals surface area contributed by atoms with Gasteiger partial charge >= 0.3 is 6.18 Å². The summed E-state index contributed by atoms with van der Waals surface area (Å²) in [5, 5.41) is 2.49. The third-order valence-corrected chi connectivity index (χ3v) is 2.29. The first kappa shape index (κ1) is 12.0. The summed E-state index contributed by atoms with van der Waals surface area (Å²) in [5.41, 5.74) is -1.02. The molecule has 0 radical (unpaired) electrons. The highest BCUT2D eigenvalue weighted by molar-refractivity contribution is 5.14. The van der Waals surface area contributed by atoms with Crippen molar-refractivity contribution in [1.82, 2.24) is 5.32 Å². The zero-order valence-electron chi connectivity index (χ0n) is 8.73. The van der Waals surface area contributed by atoms with Crippen molar-refractivity contribution in [3.63, 3.8) is 0 Å². The molecule has 0 bridgehead atoms. The van der Waals surface area contributed by atoms with E-state index >= 15 is 0 Å².